The fourth-order valence-corrected chi connectivity index (χ4v) is 3.24. The molecular weight excluding hydrogens is 666 g/mol. The van der Waals surface area contributed by atoms with E-state index in [0.29, 0.717) is 25.7 Å². The largest absolute Gasteiger partial charge is 0.480 e. The second-order valence-corrected chi connectivity index (χ2v) is 14.8. The number of rotatable bonds is 17. The molecular formula is C35H63N5O11. The molecule has 16 heteroatoms. The van der Waals surface area contributed by atoms with E-state index in [-0.39, 0.29) is 48.2 Å². The number of amides is 3. The molecule has 0 heterocycles. The molecule has 0 aliphatic heterocycles. The topological polar surface area (TPSA) is 267 Å². The van der Waals surface area contributed by atoms with Gasteiger partial charge in [-0.05, 0) is 54.8 Å². The van der Waals surface area contributed by atoms with E-state index in [2.05, 4.69) is 75.1 Å². The summed E-state index contributed by atoms with van der Waals surface area (Å²) in [4.78, 5) is 74.7. The number of nitrogens with zero attached hydrogens (tertiary/aromatic N) is 1. The molecule has 0 aromatic heterocycles. The van der Waals surface area contributed by atoms with Crippen LogP contribution in [0, 0.1) is 16.2 Å². The van der Waals surface area contributed by atoms with Crippen LogP contribution in [0.15, 0.2) is 30.3 Å². The van der Waals surface area contributed by atoms with Crippen molar-refractivity contribution < 1.29 is 53.2 Å². The third-order valence-corrected chi connectivity index (χ3v) is 6.00. The van der Waals surface area contributed by atoms with Gasteiger partial charge in [-0.25, -0.2) is 14.4 Å². The van der Waals surface area contributed by atoms with Crippen molar-refractivity contribution in [2.75, 3.05) is 19.8 Å². The summed E-state index contributed by atoms with van der Waals surface area (Å²) in [6.07, 6.45) is 7.51. The Kier molecular flexibility index (Phi) is 30.5. The van der Waals surface area contributed by atoms with Crippen LogP contribution in [0.2, 0.25) is 0 Å². The Morgan fingerprint density at radius 2 is 1.14 bits per heavy atom. The molecule has 0 saturated carbocycles. The molecule has 0 bridgehead atoms. The third-order valence-electron chi connectivity index (χ3n) is 6.00. The summed E-state index contributed by atoms with van der Waals surface area (Å²) in [7, 11) is 0. The normalized spacial score (nSPS) is 12.6. The number of carboxylic acids is 2. The number of carbonyl (C=O) groups is 5. The van der Waals surface area contributed by atoms with Crippen LogP contribution in [0.4, 0.5) is 9.59 Å². The van der Waals surface area contributed by atoms with Gasteiger partial charge in [0.25, 0.3) is 0 Å². The smallest absolute Gasteiger partial charge is 0.408 e. The summed E-state index contributed by atoms with van der Waals surface area (Å²) in [6, 6.07) is -1.90. The molecule has 0 rings (SSSR count). The van der Waals surface area contributed by atoms with Crippen molar-refractivity contribution in [3.05, 3.63) is 25.3 Å². The Hall–Kier alpha value is -4.56. The molecule has 3 atom stereocenters. The van der Waals surface area contributed by atoms with Gasteiger partial charge >= 0.3 is 30.3 Å². The maximum Gasteiger partial charge on any atom is 0.408 e. The molecule has 16 nitrogen and oxygen atoms in total. The highest BCUT2D eigenvalue weighted by molar-refractivity contribution is 5.80. The van der Waals surface area contributed by atoms with Crippen molar-refractivity contribution in [2.45, 2.75) is 119 Å². The second kappa shape index (κ2) is 29.2. The van der Waals surface area contributed by atoms with E-state index in [9.17, 15) is 24.0 Å². The molecule has 51 heavy (non-hydrogen) atoms. The maximum atomic E-state index is 11.5. The van der Waals surface area contributed by atoms with E-state index in [4.69, 9.17) is 36.0 Å². The van der Waals surface area contributed by atoms with E-state index in [1.807, 2.05) is 20.8 Å². The zero-order chi connectivity index (χ0) is 40.8. The summed E-state index contributed by atoms with van der Waals surface area (Å²) < 4.78 is 9.53. The Morgan fingerprint density at radius 3 is 1.49 bits per heavy atom. The molecule has 0 aliphatic carbocycles. The van der Waals surface area contributed by atoms with Gasteiger partial charge < -0.3 is 41.8 Å². The van der Waals surface area contributed by atoms with Gasteiger partial charge in [-0.3, -0.25) is 14.6 Å². The first kappa shape index (κ1) is 53.2. The molecule has 0 aliphatic rings. The number of hydrogen-bond donors (Lipinski definition) is 6. The summed E-state index contributed by atoms with van der Waals surface area (Å²) in [5, 5.41) is 22.4. The number of nitrogens with one attached hydrogen (secondary N) is 2. The van der Waals surface area contributed by atoms with Crippen LogP contribution in [0.25, 0.3) is 0 Å². The van der Waals surface area contributed by atoms with Gasteiger partial charge in [-0.15, -0.1) is 0 Å². The van der Waals surface area contributed by atoms with Crippen molar-refractivity contribution in [3.8, 4) is 0 Å². The Labute approximate surface area is 302 Å². The number of alkyl carbamates (subject to hydrolysis) is 2. The zero-order valence-corrected chi connectivity index (χ0v) is 31.9. The number of carboxylic acid groups (broad SMARTS) is 2. The standard InChI is InChI=1S/C14H25N3O3.C12H21NO4.C8H17NO2.CO2/c1-5-8-20-13(19)17-11(6-7-14(2,3)4)9-16-10-12(15)18;1-5-8-17-11(16)13-9(10(14)15)6-7-12(2,3)4;1-8(2,3)5-4-6(9)7(10)11;2-1-3/h5,9,11H,1,6-8,10H2,2-4H3,(H2,15,18)(H,17,19);5,9H,1,6-8H2,2-4H3,(H,13,16)(H,14,15);6H,4-5,9H2,1-3H3,(H,10,11);. The number of carbonyl (C=O) groups excluding carboxylic acids is 5. The fraction of sp³-hybridized carbons (Fsp3) is 0.686. The number of nitrogens with two attached hydrogens (primary N) is 2. The number of primary amides is 1. The summed E-state index contributed by atoms with van der Waals surface area (Å²) >= 11 is 0. The Bertz CT molecular complexity index is 1110. The van der Waals surface area contributed by atoms with Crippen LogP contribution in [-0.2, 0) is 33.4 Å². The lowest BCUT2D eigenvalue weighted by Crippen LogP contribution is -2.41. The predicted molar refractivity (Wildman–Crippen MR) is 194 cm³/mol. The lowest BCUT2D eigenvalue weighted by Gasteiger charge is -2.21. The first-order chi connectivity index (χ1) is 23.2. The highest BCUT2D eigenvalue weighted by atomic mass is 16.6. The molecule has 3 unspecified atom stereocenters. The average Bonchev–Trinajstić information content (AvgIpc) is 2.98. The van der Waals surface area contributed by atoms with Crippen LogP contribution < -0.4 is 22.1 Å². The first-order valence-electron chi connectivity index (χ1n) is 16.3. The monoisotopic (exact) mass is 729 g/mol. The minimum Gasteiger partial charge on any atom is -0.480 e. The van der Waals surface area contributed by atoms with Gasteiger partial charge in [0.15, 0.2) is 0 Å². The highest BCUT2D eigenvalue weighted by Crippen LogP contribution is 2.23. The van der Waals surface area contributed by atoms with Crippen LogP contribution in [0.3, 0.4) is 0 Å². The van der Waals surface area contributed by atoms with Crippen molar-refractivity contribution in [2.24, 2.45) is 32.7 Å². The van der Waals surface area contributed by atoms with E-state index in [1.54, 1.807) is 0 Å². The molecule has 0 radical (unpaired) electrons. The zero-order valence-electron chi connectivity index (χ0n) is 31.9. The van der Waals surface area contributed by atoms with Crippen molar-refractivity contribution in [1.29, 1.82) is 0 Å². The molecule has 0 saturated heterocycles. The maximum absolute atomic E-state index is 11.5. The third kappa shape index (κ3) is 45.4. The number of hydrogen-bond acceptors (Lipinski definition) is 11. The lowest BCUT2D eigenvalue weighted by atomic mass is 9.89. The molecule has 8 N–H and O–H groups in total. The molecule has 0 spiro atoms. The van der Waals surface area contributed by atoms with Gasteiger partial charge in [0.1, 0.15) is 31.8 Å². The minimum absolute atomic E-state index is 0.0282. The van der Waals surface area contributed by atoms with Gasteiger partial charge in [0.05, 0.1) is 6.04 Å². The van der Waals surface area contributed by atoms with Crippen molar-refractivity contribution in [3.63, 3.8) is 0 Å². The summed E-state index contributed by atoms with van der Waals surface area (Å²) in [6.45, 7) is 25.6. The highest BCUT2D eigenvalue weighted by Gasteiger charge is 2.23. The molecule has 294 valence electrons. The second-order valence-electron chi connectivity index (χ2n) is 14.8. The fourth-order valence-electron chi connectivity index (χ4n) is 3.24. The van der Waals surface area contributed by atoms with Crippen LogP contribution in [0.1, 0.15) is 101 Å². The van der Waals surface area contributed by atoms with Crippen LogP contribution in [-0.4, -0.2) is 90.5 Å². The number of aliphatic carboxylic acids is 2. The van der Waals surface area contributed by atoms with Gasteiger partial charge in [-0.1, -0.05) is 87.6 Å². The SMILES string of the molecule is C=CCOC(=O)NC(C=NCC(N)=O)CCC(C)(C)C.C=CCOC(=O)NC(CCC(C)(C)C)C(=O)O.CC(C)(C)CCC(N)C(=O)O.O=C=O. The molecule has 3 amide bonds. The average molecular weight is 730 g/mol. The molecule has 0 aromatic rings. The number of ether oxygens (including phenoxy) is 2. The predicted octanol–water partition coefficient (Wildman–Crippen LogP) is 4.47. The van der Waals surface area contributed by atoms with Crippen molar-refractivity contribution >= 4 is 42.4 Å². The number of aliphatic imine (C=N–C) groups is 1. The lowest BCUT2D eigenvalue weighted by molar-refractivity contribution is -0.191. The molecule has 0 fully saturated rings. The quantitative estimate of drug-likeness (QED) is 0.0894. The summed E-state index contributed by atoms with van der Waals surface area (Å²) in [5.41, 5.74) is 10.7. The van der Waals surface area contributed by atoms with E-state index >= 15 is 0 Å². The van der Waals surface area contributed by atoms with Crippen LogP contribution >= 0.6 is 0 Å². The minimum atomic E-state index is -1.05. The van der Waals surface area contributed by atoms with Gasteiger partial charge in [-0.2, -0.15) is 9.59 Å². The molecule has 0 aromatic carbocycles. The van der Waals surface area contributed by atoms with E-state index in [1.165, 1.54) is 18.4 Å². The van der Waals surface area contributed by atoms with Gasteiger partial charge in [0.2, 0.25) is 5.91 Å². The summed E-state index contributed by atoms with van der Waals surface area (Å²) in [5.74, 6) is -2.47. The van der Waals surface area contributed by atoms with E-state index in [0.717, 1.165) is 12.8 Å². The Balaban J connectivity index is -0.000000323. The first-order valence-corrected chi connectivity index (χ1v) is 16.3. The van der Waals surface area contributed by atoms with E-state index < -0.39 is 42.1 Å². The van der Waals surface area contributed by atoms with Crippen LogP contribution in [0.5, 0.6) is 0 Å². The van der Waals surface area contributed by atoms with Gasteiger partial charge in [0, 0.05) is 6.21 Å². The Morgan fingerprint density at radius 1 is 0.745 bits per heavy atom. The van der Waals surface area contributed by atoms with Crippen molar-refractivity contribution in [1.82, 2.24) is 10.6 Å².